The highest BCUT2D eigenvalue weighted by molar-refractivity contribution is 7.89. The zero-order valence-corrected chi connectivity index (χ0v) is 16.8. The van der Waals surface area contributed by atoms with Crippen LogP contribution in [0.4, 0.5) is 11.4 Å². The molecule has 8 heteroatoms. The molecule has 1 aliphatic heterocycles. The summed E-state index contributed by atoms with van der Waals surface area (Å²) in [6.07, 6.45) is 0. The van der Waals surface area contributed by atoms with Gasteiger partial charge in [-0.15, -0.1) is 0 Å². The molecule has 7 nitrogen and oxygen atoms in total. The largest absolute Gasteiger partial charge is 0.379 e. The van der Waals surface area contributed by atoms with Gasteiger partial charge in [-0.3, -0.25) is 4.79 Å². The third-order valence-electron chi connectivity index (χ3n) is 4.59. The van der Waals surface area contributed by atoms with Crippen molar-refractivity contribution in [3.8, 4) is 0 Å². The molecule has 1 atom stereocenters. The van der Waals surface area contributed by atoms with Crippen LogP contribution in [-0.4, -0.2) is 51.0 Å². The van der Waals surface area contributed by atoms with Gasteiger partial charge >= 0.3 is 0 Å². The van der Waals surface area contributed by atoms with Crippen molar-refractivity contribution in [3.63, 3.8) is 0 Å². The quantitative estimate of drug-likeness (QED) is 0.774. The Hall–Kier alpha value is -2.42. The molecule has 0 bridgehead atoms. The van der Waals surface area contributed by atoms with E-state index in [1.54, 1.807) is 26.0 Å². The standard InChI is InChI=1S/C20H25N3O4S/c1-15-8-9-18(14-19(15)28(25,26)23-10-12-27-13-11-23)22-20(24)16(2)21-17-6-4-3-5-7-17/h3-9,14,16,21H,10-13H2,1-2H3,(H,22,24)/t16-/m0/s1. The van der Waals surface area contributed by atoms with E-state index >= 15 is 0 Å². The minimum Gasteiger partial charge on any atom is -0.379 e. The molecule has 1 amide bonds. The number of nitrogens with zero attached hydrogens (tertiary/aromatic N) is 1. The molecule has 0 saturated carbocycles. The first-order valence-electron chi connectivity index (χ1n) is 9.19. The van der Waals surface area contributed by atoms with Crippen molar-refractivity contribution in [1.29, 1.82) is 0 Å². The molecule has 3 rings (SSSR count). The van der Waals surface area contributed by atoms with E-state index in [-0.39, 0.29) is 10.8 Å². The first kappa shape index (κ1) is 20.3. The molecule has 1 aliphatic rings. The molecule has 1 heterocycles. The first-order valence-corrected chi connectivity index (χ1v) is 10.6. The van der Waals surface area contributed by atoms with Gasteiger partial charge < -0.3 is 15.4 Å². The van der Waals surface area contributed by atoms with Gasteiger partial charge in [0.15, 0.2) is 0 Å². The number of sulfonamides is 1. The number of hydrogen-bond acceptors (Lipinski definition) is 5. The lowest BCUT2D eigenvalue weighted by molar-refractivity contribution is -0.116. The molecule has 0 unspecified atom stereocenters. The summed E-state index contributed by atoms with van der Waals surface area (Å²) in [6.45, 7) is 4.93. The summed E-state index contributed by atoms with van der Waals surface area (Å²) in [4.78, 5) is 12.7. The maximum Gasteiger partial charge on any atom is 0.246 e. The Morgan fingerprint density at radius 2 is 1.75 bits per heavy atom. The fourth-order valence-electron chi connectivity index (χ4n) is 2.98. The molecule has 0 spiro atoms. The number of carbonyl (C=O) groups excluding carboxylic acids is 1. The van der Waals surface area contributed by atoms with Gasteiger partial charge in [-0.05, 0) is 43.7 Å². The number of nitrogens with one attached hydrogen (secondary N) is 2. The molecule has 0 aliphatic carbocycles. The predicted octanol–water partition coefficient (Wildman–Crippen LogP) is 2.46. The van der Waals surface area contributed by atoms with Crippen molar-refractivity contribution in [1.82, 2.24) is 4.31 Å². The average Bonchev–Trinajstić information content (AvgIpc) is 2.70. The van der Waals surface area contributed by atoms with Crippen LogP contribution in [0.25, 0.3) is 0 Å². The predicted molar refractivity (Wildman–Crippen MR) is 109 cm³/mol. The van der Waals surface area contributed by atoms with Gasteiger partial charge in [0.1, 0.15) is 6.04 Å². The highest BCUT2D eigenvalue weighted by atomic mass is 32.2. The van der Waals surface area contributed by atoms with Gasteiger partial charge in [-0.25, -0.2) is 8.42 Å². The number of anilines is 2. The summed E-state index contributed by atoms with van der Waals surface area (Å²) < 4.78 is 32.6. The Kier molecular flexibility index (Phi) is 6.33. The Morgan fingerprint density at radius 3 is 2.43 bits per heavy atom. The lowest BCUT2D eigenvalue weighted by Crippen LogP contribution is -2.40. The summed E-state index contributed by atoms with van der Waals surface area (Å²) >= 11 is 0. The van der Waals surface area contributed by atoms with E-state index in [1.165, 1.54) is 10.4 Å². The molecule has 2 aromatic rings. The van der Waals surface area contributed by atoms with Gasteiger partial charge in [-0.2, -0.15) is 4.31 Å². The van der Waals surface area contributed by atoms with Gasteiger partial charge in [-0.1, -0.05) is 24.3 Å². The van der Waals surface area contributed by atoms with Crippen LogP contribution in [0.15, 0.2) is 53.4 Å². The summed E-state index contributed by atoms with van der Waals surface area (Å²) in [7, 11) is -3.63. The van der Waals surface area contributed by atoms with E-state index in [0.29, 0.717) is 37.6 Å². The molecule has 2 aromatic carbocycles. The Balaban J connectivity index is 1.74. The number of para-hydroxylation sites is 1. The number of hydrogen-bond donors (Lipinski definition) is 2. The van der Waals surface area contributed by atoms with Gasteiger partial charge in [0, 0.05) is 24.5 Å². The minimum absolute atomic E-state index is 0.205. The van der Waals surface area contributed by atoms with Crippen LogP contribution in [0.5, 0.6) is 0 Å². The van der Waals surface area contributed by atoms with Crippen LogP contribution in [0.2, 0.25) is 0 Å². The van der Waals surface area contributed by atoms with Crippen LogP contribution < -0.4 is 10.6 Å². The Morgan fingerprint density at radius 1 is 1.07 bits per heavy atom. The van der Waals surface area contributed by atoms with E-state index in [9.17, 15) is 13.2 Å². The summed E-state index contributed by atoms with van der Waals surface area (Å²) in [5.41, 5.74) is 1.92. The fourth-order valence-corrected chi connectivity index (χ4v) is 4.64. The van der Waals surface area contributed by atoms with Crippen molar-refractivity contribution in [2.24, 2.45) is 0 Å². The zero-order valence-electron chi connectivity index (χ0n) is 16.0. The van der Waals surface area contributed by atoms with Crippen LogP contribution in [0, 0.1) is 6.92 Å². The topological polar surface area (TPSA) is 87.7 Å². The smallest absolute Gasteiger partial charge is 0.246 e. The van der Waals surface area contributed by atoms with Crippen molar-refractivity contribution in [2.75, 3.05) is 36.9 Å². The molecule has 2 N–H and O–H groups in total. The maximum atomic E-state index is 13.0. The maximum absolute atomic E-state index is 13.0. The number of benzene rings is 2. The molecule has 1 saturated heterocycles. The van der Waals surface area contributed by atoms with Crippen molar-refractivity contribution in [3.05, 3.63) is 54.1 Å². The lowest BCUT2D eigenvalue weighted by Gasteiger charge is -2.27. The van der Waals surface area contributed by atoms with E-state index in [1.807, 2.05) is 30.3 Å². The molecule has 1 fully saturated rings. The molecule has 0 radical (unpaired) electrons. The molecule has 0 aromatic heterocycles. The number of ether oxygens (including phenoxy) is 1. The van der Waals surface area contributed by atoms with Crippen molar-refractivity contribution >= 4 is 27.3 Å². The van der Waals surface area contributed by atoms with Crippen LogP contribution >= 0.6 is 0 Å². The Labute approximate surface area is 165 Å². The summed E-state index contributed by atoms with van der Waals surface area (Å²) in [5, 5.41) is 5.91. The van der Waals surface area contributed by atoms with Crippen LogP contribution in [0.1, 0.15) is 12.5 Å². The van der Waals surface area contributed by atoms with Crippen molar-refractivity contribution in [2.45, 2.75) is 24.8 Å². The van der Waals surface area contributed by atoms with Crippen molar-refractivity contribution < 1.29 is 17.9 Å². The summed E-state index contributed by atoms with van der Waals surface area (Å²) in [6, 6.07) is 13.9. The zero-order chi connectivity index (χ0) is 20.1. The number of aryl methyl sites for hydroxylation is 1. The molecule has 28 heavy (non-hydrogen) atoms. The number of morpholine rings is 1. The third kappa shape index (κ3) is 4.70. The minimum atomic E-state index is -3.63. The fraction of sp³-hybridized carbons (Fsp3) is 0.350. The van der Waals surface area contributed by atoms with E-state index < -0.39 is 16.1 Å². The van der Waals surface area contributed by atoms with Crippen LogP contribution in [-0.2, 0) is 19.6 Å². The van der Waals surface area contributed by atoms with Gasteiger partial charge in [0.2, 0.25) is 15.9 Å². The second-order valence-corrected chi connectivity index (χ2v) is 8.62. The average molecular weight is 404 g/mol. The molecular weight excluding hydrogens is 378 g/mol. The lowest BCUT2D eigenvalue weighted by atomic mass is 10.2. The number of amides is 1. The number of carbonyl (C=O) groups is 1. The van der Waals surface area contributed by atoms with Crippen LogP contribution in [0.3, 0.4) is 0 Å². The second kappa shape index (κ2) is 8.72. The molecule has 150 valence electrons. The first-order chi connectivity index (χ1) is 13.4. The second-order valence-electron chi connectivity index (χ2n) is 6.72. The Bertz CT molecular complexity index is 926. The van der Waals surface area contributed by atoms with E-state index in [4.69, 9.17) is 4.74 Å². The normalized spacial score (nSPS) is 16.4. The number of rotatable bonds is 6. The van der Waals surface area contributed by atoms with Gasteiger partial charge in [0.05, 0.1) is 18.1 Å². The van der Waals surface area contributed by atoms with Gasteiger partial charge in [0.25, 0.3) is 0 Å². The summed E-state index contributed by atoms with van der Waals surface area (Å²) in [5.74, 6) is -0.248. The third-order valence-corrected chi connectivity index (χ3v) is 6.63. The highest BCUT2D eigenvalue weighted by Crippen LogP contribution is 2.24. The van der Waals surface area contributed by atoms with E-state index in [0.717, 1.165) is 5.69 Å². The highest BCUT2D eigenvalue weighted by Gasteiger charge is 2.28. The molecular formula is C20H25N3O4S. The van der Waals surface area contributed by atoms with E-state index in [2.05, 4.69) is 10.6 Å². The monoisotopic (exact) mass is 403 g/mol. The SMILES string of the molecule is Cc1ccc(NC(=O)[C@H](C)Nc2ccccc2)cc1S(=O)(=O)N1CCOCC1.